The number of nitrogens with one attached hydrogen (secondary N) is 2. The Morgan fingerprint density at radius 1 is 1.31 bits per heavy atom. The molecule has 1 aromatic carbocycles. The molecule has 7 heteroatoms. The summed E-state index contributed by atoms with van der Waals surface area (Å²) in [5.41, 5.74) is 0.499. The molecule has 0 aliphatic carbocycles. The van der Waals surface area contributed by atoms with Gasteiger partial charge in [-0.3, -0.25) is 9.59 Å². The lowest BCUT2D eigenvalue weighted by Gasteiger charge is -2.19. The molecule has 0 bridgehead atoms. The summed E-state index contributed by atoms with van der Waals surface area (Å²) < 4.78 is 5.06. The number of carbonyl (C=O) groups excluding carboxylic acids is 1. The number of rotatable bonds is 12. The quantitative estimate of drug-likeness (QED) is 0.508. The predicted molar refractivity (Wildman–Crippen MR) is 104 cm³/mol. The fraction of sp³-hybridized carbons (Fsp3) is 0.579. The second-order valence-electron chi connectivity index (χ2n) is 6.32. The van der Waals surface area contributed by atoms with Gasteiger partial charge >= 0.3 is 5.97 Å². The van der Waals surface area contributed by atoms with Crippen LogP contribution in [-0.2, 0) is 9.59 Å². The number of hydrogen-bond donors (Lipinski definition) is 3. The molecule has 1 aromatic rings. The molecule has 0 aromatic heterocycles. The number of ether oxygens (including phenoxy) is 1. The normalized spacial score (nSPS) is 13.1. The number of amides is 1. The first-order valence-corrected chi connectivity index (χ1v) is 9.38. The number of anilines is 1. The van der Waals surface area contributed by atoms with E-state index in [9.17, 15) is 14.7 Å². The molecule has 2 unspecified atom stereocenters. The maximum absolute atomic E-state index is 12.2. The van der Waals surface area contributed by atoms with Crippen LogP contribution in [0, 0.1) is 5.92 Å². The number of unbranched alkanes of at least 4 members (excludes halogenated alkanes) is 1. The maximum atomic E-state index is 12.2. The SMILES string of the molecule is CCCCC(CC)CNC(CC(=O)Nc1ccc(OC)c(Cl)c1)C(=O)O. The summed E-state index contributed by atoms with van der Waals surface area (Å²) in [6.45, 7) is 4.82. The lowest BCUT2D eigenvalue weighted by Crippen LogP contribution is -2.42. The fourth-order valence-electron chi connectivity index (χ4n) is 2.64. The summed E-state index contributed by atoms with van der Waals surface area (Å²) in [5, 5.41) is 15.4. The minimum absolute atomic E-state index is 0.150. The summed E-state index contributed by atoms with van der Waals surface area (Å²) in [7, 11) is 1.51. The number of hydrogen-bond acceptors (Lipinski definition) is 4. The van der Waals surface area contributed by atoms with Crippen molar-refractivity contribution >= 4 is 29.2 Å². The van der Waals surface area contributed by atoms with Crippen LogP contribution in [0.4, 0.5) is 5.69 Å². The molecule has 1 amide bonds. The fourth-order valence-corrected chi connectivity index (χ4v) is 2.90. The summed E-state index contributed by atoms with van der Waals surface area (Å²) >= 11 is 6.03. The summed E-state index contributed by atoms with van der Waals surface area (Å²) in [5.74, 6) is -0.487. The molecule has 0 saturated carbocycles. The second-order valence-corrected chi connectivity index (χ2v) is 6.72. The van der Waals surface area contributed by atoms with E-state index in [1.54, 1.807) is 18.2 Å². The smallest absolute Gasteiger partial charge is 0.321 e. The number of carbonyl (C=O) groups is 2. The number of methoxy groups -OCH3 is 1. The molecular weight excluding hydrogens is 356 g/mol. The molecule has 0 heterocycles. The highest BCUT2D eigenvalue weighted by Gasteiger charge is 2.22. The standard InChI is InChI=1S/C19H29ClN2O4/c1-4-6-7-13(5-2)12-21-16(19(24)25)11-18(23)22-14-8-9-17(26-3)15(20)10-14/h8-10,13,16,21H,4-7,11-12H2,1-3H3,(H,22,23)(H,24,25). The van der Waals surface area contributed by atoms with Gasteiger partial charge in [-0.25, -0.2) is 0 Å². The maximum Gasteiger partial charge on any atom is 0.321 e. The van der Waals surface area contributed by atoms with E-state index in [4.69, 9.17) is 16.3 Å². The molecule has 0 spiro atoms. The van der Waals surface area contributed by atoms with Crippen molar-refractivity contribution in [3.63, 3.8) is 0 Å². The van der Waals surface area contributed by atoms with Gasteiger partial charge in [0.2, 0.25) is 5.91 Å². The van der Waals surface area contributed by atoms with Gasteiger partial charge in [0.15, 0.2) is 0 Å². The third-order valence-corrected chi connectivity index (χ3v) is 4.61. The van der Waals surface area contributed by atoms with Gasteiger partial charge in [0.1, 0.15) is 11.8 Å². The molecule has 0 fully saturated rings. The lowest BCUT2D eigenvalue weighted by atomic mass is 9.99. The number of carboxylic acid groups (broad SMARTS) is 1. The zero-order valence-corrected chi connectivity index (χ0v) is 16.4. The van der Waals surface area contributed by atoms with Crippen molar-refractivity contribution < 1.29 is 19.4 Å². The Morgan fingerprint density at radius 3 is 2.58 bits per heavy atom. The molecule has 3 N–H and O–H groups in total. The first-order chi connectivity index (χ1) is 12.4. The van der Waals surface area contributed by atoms with E-state index >= 15 is 0 Å². The van der Waals surface area contributed by atoms with E-state index in [0.29, 0.717) is 28.9 Å². The third-order valence-electron chi connectivity index (χ3n) is 4.32. The van der Waals surface area contributed by atoms with Crippen molar-refractivity contribution in [2.45, 2.75) is 52.0 Å². The highest BCUT2D eigenvalue weighted by Crippen LogP contribution is 2.27. The first kappa shape index (κ1) is 22.3. The van der Waals surface area contributed by atoms with E-state index in [2.05, 4.69) is 24.5 Å². The van der Waals surface area contributed by atoms with Gasteiger partial charge < -0.3 is 20.5 Å². The van der Waals surface area contributed by atoms with Crippen LogP contribution in [0.25, 0.3) is 0 Å². The first-order valence-electron chi connectivity index (χ1n) is 9.00. The van der Waals surface area contributed by atoms with Crippen LogP contribution < -0.4 is 15.4 Å². The van der Waals surface area contributed by atoms with Crippen LogP contribution >= 0.6 is 11.6 Å². The Kier molecular flexibility index (Phi) is 10.1. The number of aliphatic carboxylic acids is 1. The van der Waals surface area contributed by atoms with Gasteiger partial charge in [-0.05, 0) is 37.1 Å². The van der Waals surface area contributed by atoms with Gasteiger partial charge in [-0.15, -0.1) is 0 Å². The van der Waals surface area contributed by atoms with E-state index in [1.165, 1.54) is 7.11 Å². The Bertz CT molecular complexity index is 595. The van der Waals surface area contributed by atoms with Crippen LogP contribution in [-0.4, -0.2) is 36.7 Å². The monoisotopic (exact) mass is 384 g/mol. The Hall–Kier alpha value is -1.79. The number of halogens is 1. The molecule has 0 radical (unpaired) electrons. The van der Waals surface area contributed by atoms with E-state index in [-0.39, 0.29) is 12.3 Å². The van der Waals surface area contributed by atoms with Gasteiger partial charge in [0.25, 0.3) is 0 Å². The van der Waals surface area contributed by atoms with Crippen LogP contribution in [0.15, 0.2) is 18.2 Å². The molecule has 2 atom stereocenters. The molecular formula is C19H29ClN2O4. The van der Waals surface area contributed by atoms with Gasteiger partial charge in [0, 0.05) is 5.69 Å². The van der Waals surface area contributed by atoms with Crippen molar-refractivity contribution in [3.8, 4) is 5.75 Å². The topological polar surface area (TPSA) is 87.7 Å². The third kappa shape index (κ3) is 7.62. The van der Waals surface area contributed by atoms with Crippen molar-refractivity contribution in [1.29, 1.82) is 0 Å². The minimum Gasteiger partial charge on any atom is -0.495 e. The largest absolute Gasteiger partial charge is 0.495 e. The van der Waals surface area contributed by atoms with Crippen LogP contribution in [0.5, 0.6) is 5.75 Å². The molecule has 0 aliphatic rings. The minimum atomic E-state index is -1.03. The van der Waals surface area contributed by atoms with E-state index in [1.807, 2.05) is 0 Å². The number of benzene rings is 1. The van der Waals surface area contributed by atoms with Crippen molar-refractivity contribution in [2.75, 3.05) is 19.0 Å². The molecule has 0 saturated heterocycles. The van der Waals surface area contributed by atoms with Crippen LogP contribution in [0.3, 0.4) is 0 Å². The molecule has 6 nitrogen and oxygen atoms in total. The summed E-state index contributed by atoms with van der Waals surface area (Å²) in [6, 6.07) is 3.95. The van der Waals surface area contributed by atoms with Gasteiger partial charge in [-0.1, -0.05) is 44.7 Å². The van der Waals surface area contributed by atoms with E-state index < -0.39 is 12.0 Å². The lowest BCUT2D eigenvalue weighted by molar-refractivity contribution is -0.141. The molecule has 0 aliphatic heterocycles. The van der Waals surface area contributed by atoms with Crippen molar-refractivity contribution in [2.24, 2.45) is 5.92 Å². The highest BCUT2D eigenvalue weighted by atomic mass is 35.5. The van der Waals surface area contributed by atoms with Crippen LogP contribution in [0.2, 0.25) is 5.02 Å². The molecule has 26 heavy (non-hydrogen) atoms. The van der Waals surface area contributed by atoms with E-state index in [0.717, 1.165) is 25.7 Å². The molecule has 1 rings (SSSR count). The predicted octanol–water partition coefficient (Wildman–Crippen LogP) is 3.94. The molecule has 146 valence electrons. The number of carboxylic acids is 1. The Labute approximate surface area is 160 Å². The van der Waals surface area contributed by atoms with Gasteiger partial charge in [-0.2, -0.15) is 0 Å². The summed E-state index contributed by atoms with van der Waals surface area (Å²) in [6.07, 6.45) is 4.13. The average molecular weight is 385 g/mol. The average Bonchev–Trinajstić information content (AvgIpc) is 2.60. The van der Waals surface area contributed by atoms with Crippen LogP contribution in [0.1, 0.15) is 46.0 Å². The zero-order chi connectivity index (χ0) is 19.5. The van der Waals surface area contributed by atoms with Crippen molar-refractivity contribution in [3.05, 3.63) is 23.2 Å². The van der Waals surface area contributed by atoms with Crippen molar-refractivity contribution in [1.82, 2.24) is 5.32 Å². The Balaban J connectivity index is 2.59. The summed E-state index contributed by atoms with van der Waals surface area (Å²) in [4.78, 5) is 23.7. The highest BCUT2D eigenvalue weighted by molar-refractivity contribution is 6.32. The van der Waals surface area contributed by atoms with Gasteiger partial charge in [0.05, 0.1) is 18.6 Å². The Morgan fingerprint density at radius 2 is 2.04 bits per heavy atom. The second kappa shape index (κ2) is 11.8. The zero-order valence-electron chi connectivity index (χ0n) is 15.7.